The molecule has 1 aromatic heterocycles. The standard InChI is InChI=1S/C33H41Cl2N5O2/c1-7-42-27-20-28(31(2,3)4)37-21-26(27)29-38-32(5,22-8-12-24(34)13-9-22)33(6,23-10-14-25(35)15-11-23)40(29)30(41)39-18-16-36-17-19-39/h8,10-15,20-22,36H,7,9,16-19H2,1-6H3/t22?,32-,33+/m0/s1. The summed E-state index contributed by atoms with van der Waals surface area (Å²) < 4.78 is 6.24. The average molecular weight is 611 g/mol. The van der Waals surface area contributed by atoms with E-state index in [2.05, 4.69) is 46.0 Å². The van der Waals surface area contributed by atoms with Crippen molar-refractivity contribution in [2.75, 3.05) is 32.8 Å². The minimum absolute atomic E-state index is 0.0335. The molecular weight excluding hydrogens is 569 g/mol. The van der Waals surface area contributed by atoms with Crippen LogP contribution in [0.4, 0.5) is 4.79 Å². The van der Waals surface area contributed by atoms with E-state index in [1.165, 1.54) is 0 Å². The van der Waals surface area contributed by atoms with Gasteiger partial charge in [0, 0.05) is 65.5 Å². The first-order valence-electron chi connectivity index (χ1n) is 14.7. The van der Waals surface area contributed by atoms with Crippen molar-refractivity contribution in [2.45, 2.75) is 64.5 Å². The zero-order valence-corrected chi connectivity index (χ0v) is 26.9. The Labute approximate surface area is 259 Å². The summed E-state index contributed by atoms with van der Waals surface area (Å²) in [7, 11) is 0. The number of allylic oxidation sites excluding steroid dienone is 3. The maximum atomic E-state index is 14.8. The minimum atomic E-state index is -0.881. The lowest BCUT2D eigenvalue weighted by atomic mass is 9.66. The number of carbonyl (C=O) groups excluding carboxylic acids is 1. The van der Waals surface area contributed by atoms with Crippen molar-refractivity contribution in [3.05, 3.63) is 81.6 Å². The van der Waals surface area contributed by atoms with Crippen LogP contribution in [0.3, 0.4) is 0 Å². The first-order valence-corrected chi connectivity index (χ1v) is 15.5. The molecule has 1 unspecified atom stereocenters. The van der Waals surface area contributed by atoms with Gasteiger partial charge in [-0.1, -0.05) is 68.3 Å². The van der Waals surface area contributed by atoms with Crippen LogP contribution in [0.2, 0.25) is 5.02 Å². The van der Waals surface area contributed by atoms with Gasteiger partial charge in [-0.15, -0.1) is 0 Å². The van der Waals surface area contributed by atoms with Crippen molar-refractivity contribution in [1.82, 2.24) is 20.1 Å². The number of halogens is 2. The van der Waals surface area contributed by atoms with Gasteiger partial charge in [0.2, 0.25) is 0 Å². The SMILES string of the molecule is CCOc1cc(C(C)(C)C)ncc1C1=N[C@@](C)(C2C=CC(Cl)=CC2)[C@@](C)(c2ccc(Cl)cc2)N1C(=O)N1CCNCC1. The molecule has 5 rings (SSSR count). The molecule has 2 aliphatic heterocycles. The molecule has 3 aliphatic rings. The molecule has 3 atom stereocenters. The summed E-state index contributed by atoms with van der Waals surface area (Å²) in [5, 5.41) is 4.71. The summed E-state index contributed by atoms with van der Waals surface area (Å²) >= 11 is 12.7. The van der Waals surface area contributed by atoms with E-state index in [9.17, 15) is 4.79 Å². The van der Waals surface area contributed by atoms with Gasteiger partial charge in [0.25, 0.3) is 0 Å². The molecule has 3 heterocycles. The number of piperazine rings is 1. The molecule has 0 radical (unpaired) electrons. The van der Waals surface area contributed by atoms with E-state index in [1.54, 1.807) is 0 Å². The highest BCUT2D eigenvalue weighted by Crippen LogP contribution is 2.53. The molecule has 1 N–H and O–H groups in total. The summed E-state index contributed by atoms with van der Waals surface area (Å²) in [6, 6.07) is 9.69. The fraction of sp³-hybridized carbons (Fsp3) is 0.485. The molecule has 2 amide bonds. The molecule has 224 valence electrons. The first kappa shape index (κ1) is 30.6. The third-order valence-electron chi connectivity index (χ3n) is 8.92. The van der Waals surface area contributed by atoms with Gasteiger partial charge in [-0.3, -0.25) is 14.9 Å². The highest BCUT2D eigenvalue weighted by Gasteiger charge is 2.61. The molecule has 1 saturated heterocycles. The van der Waals surface area contributed by atoms with Crippen LogP contribution >= 0.6 is 23.2 Å². The predicted octanol–water partition coefficient (Wildman–Crippen LogP) is 6.89. The maximum Gasteiger partial charge on any atom is 0.326 e. The number of nitrogens with zero attached hydrogens (tertiary/aromatic N) is 4. The van der Waals surface area contributed by atoms with Crippen LogP contribution in [0, 0.1) is 5.92 Å². The Balaban J connectivity index is 1.77. The molecule has 1 aliphatic carbocycles. The monoisotopic (exact) mass is 609 g/mol. The lowest BCUT2D eigenvalue weighted by Crippen LogP contribution is -2.62. The normalized spacial score (nSPS) is 26.2. The Bertz CT molecular complexity index is 1420. The molecule has 0 saturated carbocycles. The number of rotatable bonds is 5. The number of aliphatic imine (C=N–C) groups is 1. The van der Waals surface area contributed by atoms with Crippen LogP contribution in [0.1, 0.15) is 64.8 Å². The largest absolute Gasteiger partial charge is 0.493 e. The van der Waals surface area contributed by atoms with Crippen molar-refractivity contribution in [2.24, 2.45) is 10.9 Å². The zero-order valence-electron chi connectivity index (χ0n) is 25.4. The van der Waals surface area contributed by atoms with Crippen LogP contribution in [-0.4, -0.2) is 65.0 Å². The number of urea groups is 1. The van der Waals surface area contributed by atoms with Crippen LogP contribution < -0.4 is 10.1 Å². The molecule has 42 heavy (non-hydrogen) atoms. The number of pyridine rings is 1. The second-order valence-electron chi connectivity index (χ2n) is 12.6. The summed E-state index contributed by atoms with van der Waals surface area (Å²) in [6.07, 6.45) is 8.61. The maximum absolute atomic E-state index is 14.8. The molecule has 1 aromatic carbocycles. The smallest absolute Gasteiger partial charge is 0.326 e. The quantitative estimate of drug-likeness (QED) is 0.400. The Morgan fingerprint density at radius 2 is 1.83 bits per heavy atom. The van der Waals surface area contributed by atoms with Crippen molar-refractivity contribution < 1.29 is 9.53 Å². The van der Waals surface area contributed by atoms with Gasteiger partial charge in [0.15, 0.2) is 0 Å². The van der Waals surface area contributed by atoms with Gasteiger partial charge >= 0.3 is 6.03 Å². The van der Waals surface area contributed by atoms with E-state index >= 15 is 0 Å². The predicted molar refractivity (Wildman–Crippen MR) is 171 cm³/mol. The summed E-state index contributed by atoms with van der Waals surface area (Å²) in [6.45, 7) is 15.8. The van der Waals surface area contributed by atoms with E-state index in [0.717, 1.165) is 24.3 Å². The molecule has 7 nitrogen and oxygen atoms in total. The van der Waals surface area contributed by atoms with Gasteiger partial charge in [-0.25, -0.2) is 4.79 Å². The lowest BCUT2D eigenvalue weighted by Gasteiger charge is -2.49. The number of amides is 2. The lowest BCUT2D eigenvalue weighted by molar-refractivity contribution is 0.0878. The fourth-order valence-electron chi connectivity index (χ4n) is 6.22. The number of ether oxygens (including phenoxy) is 1. The third kappa shape index (κ3) is 5.36. The van der Waals surface area contributed by atoms with E-state index in [1.807, 2.05) is 65.4 Å². The van der Waals surface area contributed by atoms with Gasteiger partial charge in [0.1, 0.15) is 11.6 Å². The van der Waals surface area contributed by atoms with Crippen molar-refractivity contribution in [1.29, 1.82) is 0 Å². The van der Waals surface area contributed by atoms with Crippen molar-refractivity contribution in [3.8, 4) is 5.75 Å². The Kier molecular flexibility index (Phi) is 8.49. The Morgan fingerprint density at radius 1 is 1.14 bits per heavy atom. The summed E-state index contributed by atoms with van der Waals surface area (Å²) in [4.78, 5) is 29.0. The minimum Gasteiger partial charge on any atom is -0.493 e. The fourth-order valence-corrected chi connectivity index (χ4v) is 6.51. The number of benzene rings is 1. The Hall–Kier alpha value is -2.87. The number of hydrogen-bond donors (Lipinski definition) is 1. The number of amidine groups is 1. The van der Waals surface area contributed by atoms with Gasteiger partial charge in [0.05, 0.1) is 23.2 Å². The second-order valence-corrected chi connectivity index (χ2v) is 13.4. The number of nitrogens with one attached hydrogen (secondary N) is 1. The van der Waals surface area contributed by atoms with Crippen LogP contribution in [-0.2, 0) is 11.0 Å². The van der Waals surface area contributed by atoms with Crippen molar-refractivity contribution in [3.63, 3.8) is 0 Å². The topological polar surface area (TPSA) is 70.1 Å². The molecule has 0 bridgehead atoms. The van der Waals surface area contributed by atoms with Crippen LogP contribution in [0.25, 0.3) is 0 Å². The second kappa shape index (κ2) is 11.7. The first-order chi connectivity index (χ1) is 19.9. The Morgan fingerprint density at radius 3 is 2.43 bits per heavy atom. The van der Waals surface area contributed by atoms with Crippen LogP contribution in [0.15, 0.2) is 64.8 Å². The molecule has 2 aromatic rings. The summed E-state index contributed by atoms with van der Waals surface area (Å²) in [5.74, 6) is 1.19. The van der Waals surface area contributed by atoms with Crippen LogP contribution in [0.5, 0.6) is 5.75 Å². The van der Waals surface area contributed by atoms with E-state index in [4.69, 9.17) is 37.9 Å². The number of carbonyl (C=O) groups is 1. The molecule has 9 heteroatoms. The highest BCUT2D eigenvalue weighted by molar-refractivity contribution is 6.31. The average Bonchev–Trinajstić information content (AvgIpc) is 3.21. The highest BCUT2D eigenvalue weighted by atomic mass is 35.5. The number of hydrogen-bond acceptors (Lipinski definition) is 5. The van der Waals surface area contributed by atoms with E-state index in [-0.39, 0.29) is 17.4 Å². The number of aromatic nitrogens is 1. The molecule has 0 spiro atoms. The van der Waals surface area contributed by atoms with Gasteiger partial charge in [-0.05, 0) is 51.0 Å². The molecule has 1 fully saturated rings. The zero-order chi connectivity index (χ0) is 30.3. The van der Waals surface area contributed by atoms with Crippen molar-refractivity contribution >= 4 is 35.1 Å². The van der Waals surface area contributed by atoms with E-state index in [0.29, 0.717) is 53.3 Å². The van der Waals surface area contributed by atoms with Gasteiger partial charge in [-0.2, -0.15) is 0 Å². The third-order valence-corrected chi connectivity index (χ3v) is 9.45. The summed E-state index contributed by atoms with van der Waals surface area (Å²) in [5.41, 5.74) is 0.730. The molecular formula is C33H41Cl2N5O2. The van der Waals surface area contributed by atoms with E-state index < -0.39 is 11.1 Å². The van der Waals surface area contributed by atoms with Gasteiger partial charge < -0.3 is 15.0 Å².